The summed E-state index contributed by atoms with van der Waals surface area (Å²) < 4.78 is 16.5. The number of piperazine rings is 1. The minimum Gasteiger partial charge on any atom is -0.493 e. The molecular formula is C22H30N2O3. The molecule has 1 heterocycles. The molecule has 0 unspecified atom stereocenters. The first-order valence-corrected chi connectivity index (χ1v) is 9.39. The van der Waals surface area contributed by atoms with Gasteiger partial charge in [0, 0.05) is 44.0 Å². The minimum atomic E-state index is 0.659. The van der Waals surface area contributed by atoms with E-state index in [0.717, 1.165) is 44.0 Å². The van der Waals surface area contributed by atoms with Crippen molar-refractivity contribution in [1.82, 2.24) is 4.90 Å². The van der Waals surface area contributed by atoms with Crippen LogP contribution in [-0.4, -0.2) is 52.4 Å². The average molecular weight is 370 g/mol. The third kappa shape index (κ3) is 4.14. The van der Waals surface area contributed by atoms with Crippen LogP contribution in [-0.2, 0) is 6.54 Å². The standard InChI is InChI=1S/C22H30N2O3/c1-16-6-8-19(17(2)14-16)24-12-10-23(11-13-24)15-18-7-9-20(25-3)22(27-5)21(18)26-4/h6-9,14H,10-13,15H2,1-5H3. The minimum absolute atomic E-state index is 0.659. The Morgan fingerprint density at radius 1 is 0.815 bits per heavy atom. The van der Waals surface area contributed by atoms with Gasteiger partial charge in [-0.2, -0.15) is 0 Å². The molecule has 0 aromatic heterocycles. The Morgan fingerprint density at radius 2 is 1.52 bits per heavy atom. The third-order valence-electron chi connectivity index (χ3n) is 5.24. The average Bonchev–Trinajstić information content (AvgIpc) is 2.68. The zero-order valence-corrected chi connectivity index (χ0v) is 17.0. The fourth-order valence-corrected chi connectivity index (χ4v) is 3.84. The molecular weight excluding hydrogens is 340 g/mol. The number of ether oxygens (including phenoxy) is 3. The Hall–Kier alpha value is -2.40. The summed E-state index contributed by atoms with van der Waals surface area (Å²) in [6.45, 7) is 9.27. The predicted molar refractivity (Wildman–Crippen MR) is 110 cm³/mol. The fourth-order valence-electron chi connectivity index (χ4n) is 3.84. The molecule has 0 saturated carbocycles. The first kappa shape index (κ1) is 19.4. The van der Waals surface area contributed by atoms with Gasteiger partial charge in [-0.05, 0) is 31.5 Å². The first-order chi connectivity index (χ1) is 13.1. The Kier molecular flexibility index (Phi) is 6.11. The predicted octanol–water partition coefficient (Wildman–Crippen LogP) is 3.65. The highest BCUT2D eigenvalue weighted by Gasteiger charge is 2.22. The van der Waals surface area contributed by atoms with Crippen LogP contribution in [0.3, 0.4) is 0 Å². The van der Waals surface area contributed by atoms with Gasteiger partial charge in [0.25, 0.3) is 0 Å². The second kappa shape index (κ2) is 8.53. The largest absolute Gasteiger partial charge is 0.493 e. The summed E-state index contributed by atoms with van der Waals surface area (Å²) >= 11 is 0. The van der Waals surface area contributed by atoms with Crippen LogP contribution in [0.5, 0.6) is 17.2 Å². The van der Waals surface area contributed by atoms with Crippen molar-refractivity contribution in [3.63, 3.8) is 0 Å². The van der Waals surface area contributed by atoms with E-state index in [1.54, 1.807) is 21.3 Å². The van der Waals surface area contributed by atoms with Gasteiger partial charge in [0.2, 0.25) is 5.75 Å². The Bertz CT molecular complexity index is 783. The number of hydrogen-bond acceptors (Lipinski definition) is 5. The maximum atomic E-state index is 5.63. The fraction of sp³-hybridized carbons (Fsp3) is 0.455. The van der Waals surface area contributed by atoms with Gasteiger partial charge in [-0.15, -0.1) is 0 Å². The highest BCUT2D eigenvalue weighted by atomic mass is 16.5. The van der Waals surface area contributed by atoms with Crippen LogP contribution in [0.2, 0.25) is 0 Å². The van der Waals surface area contributed by atoms with Crippen molar-refractivity contribution >= 4 is 5.69 Å². The molecule has 2 aromatic rings. The molecule has 0 aliphatic carbocycles. The lowest BCUT2D eigenvalue weighted by molar-refractivity contribution is 0.243. The smallest absolute Gasteiger partial charge is 0.203 e. The van der Waals surface area contributed by atoms with Crippen LogP contribution in [0.15, 0.2) is 30.3 Å². The van der Waals surface area contributed by atoms with Gasteiger partial charge >= 0.3 is 0 Å². The number of benzene rings is 2. The van der Waals surface area contributed by atoms with E-state index in [1.807, 2.05) is 6.07 Å². The molecule has 1 saturated heterocycles. The number of anilines is 1. The van der Waals surface area contributed by atoms with Gasteiger partial charge in [0.15, 0.2) is 11.5 Å². The molecule has 0 N–H and O–H groups in total. The van der Waals surface area contributed by atoms with Crippen LogP contribution in [0, 0.1) is 13.8 Å². The number of rotatable bonds is 6. The molecule has 0 amide bonds. The molecule has 2 aromatic carbocycles. The van der Waals surface area contributed by atoms with Crippen LogP contribution in [0.1, 0.15) is 16.7 Å². The van der Waals surface area contributed by atoms with Gasteiger partial charge < -0.3 is 19.1 Å². The molecule has 0 atom stereocenters. The van der Waals surface area contributed by atoms with Gasteiger partial charge in [0.05, 0.1) is 21.3 Å². The maximum absolute atomic E-state index is 5.63. The molecule has 27 heavy (non-hydrogen) atoms. The highest BCUT2D eigenvalue weighted by Crippen LogP contribution is 2.40. The summed E-state index contributed by atoms with van der Waals surface area (Å²) in [7, 11) is 4.97. The molecule has 0 spiro atoms. The number of aryl methyl sites for hydroxylation is 2. The Balaban J connectivity index is 1.69. The Morgan fingerprint density at radius 3 is 2.11 bits per heavy atom. The lowest BCUT2D eigenvalue weighted by atomic mass is 10.1. The summed E-state index contributed by atoms with van der Waals surface area (Å²) in [5.41, 5.74) is 5.14. The van der Waals surface area contributed by atoms with E-state index in [2.05, 4.69) is 47.9 Å². The molecule has 0 bridgehead atoms. The van der Waals surface area contributed by atoms with Crippen molar-refractivity contribution < 1.29 is 14.2 Å². The number of methoxy groups -OCH3 is 3. The topological polar surface area (TPSA) is 34.2 Å². The molecule has 5 nitrogen and oxygen atoms in total. The van der Waals surface area contributed by atoms with Crippen LogP contribution < -0.4 is 19.1 Å². The molecule has 1 aliphatic heterocycles. The SMILES string of the molecule is COc1ccc(CN2CCN(c3ccc(C)cc3C)CC2)c(OC)c1OC. The lowest BCUT2D eigenvalue weighted by Gasteiger charge is -2.37. The van der Waals surface area contributed by atoms with E-state index in [-0.39, 0.29) is 0 Å². The van der Waals surface area contributed by atoms with E-state index in [9.17, 15) is 0 Å². The molecule has 1 fully saturated rings. The van der Waals surface area contributed by atoms with Crippen molar-refractivity contribution in [3.05, 3.63) is 47.0 Å². The summed E-state index contributed by atoms with van der Waals surface area (Å²) in [6.07, 6.45) is 0. The molecule has 5 heteroatoms. The van der Waals surface area contributed by atoms with Crippen molar-refractivity contribution in [3.8, 4) is 17.2 Å². The molecule has 1 aliphatic rings. The number of nitrogens with zero attached hydrogens (tertiary/aromatic N) is 2. The molecule has 0 radical (unpaired) electrons. The molecule has 146 valence electrons. The van der Waals surface area contributed by atoms with E-state index in [1.165, 1.54) is 16.8 Å². The van der Waals surface area contributed by atoms with Crippen molar-refractivity contribution in [2.45, 2.75) is 20.4 Å². The Labute approximate surface area is 162 Å². The third-order valence-corrected chi connectivity index (χ3v) is 5.24. The van der Waals surface area contributed by atoms with Crippen LogP contribution in [0.4, 0.5) is 5.69 Å². The van der Waals surface area contributed by atoms with Crippen molar-refractivity contribution in [1.29, 1.82) is 0 Å². The quantitative estimate of drug-likeness (QED) is 0.775. The summed E-state index contributed by atoms with van der Waals surface area (Å²) in [6, 6.07) is 10.7. The van der Waals surface area contributed by atoms with E-state index in [0.29, 0.717) is 11.5 Å². The maximum Gasteiger partial charge on any atom is 0.203 e. The van der Waals surface area contributed by atoms with Gasteiger partial charge in [-0.25, -0.2) is 0 Å². The van der Waals surface area contributed by atoms with E-state index < -0.39 is 0 Å². The first-order valence-electron chi connectivity index (χ1n) is 9.39. The van der Waals surface area contributed by atoms with Gasteiger partial charge in [-0.1, -0.05) is 23.8 Å². The van der Waals surface area contributed by atoms with E-state index >= 15 is 0 Å². The second-order valence-electron chi connectivity index (χ2n) is 7.05. The van der Waals surface area contributed by atoms with Crippen molar-refractivity contribution in [2.24, 2.45) is 0 Å². The zero-order chi connectivity index (χ0) is 19.4. The van der Waals surface area contributed by atoms with Gasteiger partial charge in [0.1, 0.15) is 0 Å². The summed E-state index contributed by atoms with van der Waals surface area (Å²) in [5, 5.41) is 0. The summed E-state index contributed by atoms with van der Waals surface area (Å²) in [4.78, 5) is 4.95. The normalized spacial score (nSPS) is 14.9. The van der Waals surface area contributed by atoms with Crippen molar-refractivity contribution in [2.75, 3.05) is 52.4 Å². The van der Waals surface area contributed by atoms with E-state index in [4.69, 9.17) is 14.2 Å². The summed E-state index contributed by atoms with van der Waals surface area (Å²) in [5.74, 6) is 2.11. The van der Waals surface area contributed by atoms with Crippen LogP contribution in [0.25, 0.3) is 0 Å². The highest BCUT2D eigenvalue weighted by molar-refractivity contribution is 5.56. The lowest BCUT2D eigenvalue weighted by Crippen LogP contribution is -2.46. The van der Waals surface area contributed by atoms with Crippen LogP contribution >= 0.6 is 0 Å². The van der Waals surface area contributed by atoms with Gasteiger partial charge in [-0.3, -0.25) is 4.90 Å². The monoisotopic (exact) mass is 370 g/mol. The zero-order valence-electron chi connectivity index (χ0n) is 17.0. The molecule has 3 rings (SSSR count). The second-order valence-corrected chi connectivity index (χ2v) is 7.05. The number of hydrogen-bond donors (Lipinski definition) is 0.